The first kappa shape index (κ1) is 31.8. The summed E-state index contributed by atoms with van der Waals surface area (Å²) in [6.45, 7) is -0.0370. The van der Waals surface area contributed by atoms with Crippen LogP contribution in [0.5, 0.6) is 11.5 Å². The van der Waals surface area contributed by atoms with E-state index in [0.29, 0.717) is 22.3 Å². The molecule has 0 spiro atoms. The number of phenolic OH excluding ortho intramolecular Hbond substituents is 1. The monoisotopic (exact) mass is 691 g/mol. The molecule has 3 aromatic heterocycles. The zero-order valence-electron chi connectivity index (χ0n) is 25.7. The lowest BCUT2D eigenvalue weighted by Gasteiger charge is -2.17. The van der Waals surface area contributed by atoms with Crippen LogP contribution >= 0.6 is 11.6 Å². The Balaban J connectivity index is 1.21. The van der Waals surface area contributed by atoms with Gasteiger partial charge in [0.15, 0.2) is 0 Å². The van der Waals surface area contributed by atoms with Crippen LogP contribution in [-0.4, -0.2) is 64.5 Å². The van der Waals surface area contributed by atoms with Crippen molar-refractivity contribution in [2.45, 2.75) is 12.1 Å². The van der Waals surface area contributed by atoms with Gasteiger partial charge in [-0.05, 0) is 47.3 Å². The molecule has 0 fully saturated rings. The molecule has 3 aromatic carbocycles. The van der Waals surface area contributed by atoms with Crippen molar-refractivity contribution in [3.8, 4) is 11.5 Å². The number of halogens is 4. The second kappa shape index (κ2) is 11.7. The number of carbonyl (C=O) groups excluding carboxylic acids is 3. The van der Waals surface area contributed by atoms with Crippen LogP contribution in [0.4, 0.5) is 24.5 Å². The van der Waals surface area contributed by atoms with Crippen LogP contribution in [0, 0.1) is 0 Å². The highest BCUT2D eigenvalue weighted by Crippen LogP contribution is 2.49. The number of aromatic hydroxyl groups is 1. The van der Waals surface area contributed by atoms with Gasteiger partial charge in [0.2, 0.25) is 0 Å². The van der Waals surface area contributed by atoms with Crippen molar-refractivity contribution in [3.05, 3.63) is 89.0 Å². The molecule has 0 radical (unpaired) electrons. The van der Waals surface area contributed by atoms with Gasteiger partial charge in [-0.1, -0.05) is 12.1 Å². The summed E-state index contributed by atoms with van der Waals surface area (Å²) in [5.74, 6) is -3.02. The number of anilines is 2. The van der Waals surface area contributed by atoms with E-state index in [1.807, 2.05) is 12.1 Å². The standard InChI is InChI=1S/C34H25ClF3N5O6/c1-48-25-5-3-4-15-9-21(39-13-19(15)25)31(45)40-18-6-7-20-16(8-18)10-22(41-20)32(46)43-14-17(12-35)26-23(43)11-24(44)29-27(26)28(33(47)49-2)30(42-29)34(36,37)38/h3-11,13,17,41-42,44H,12,14H2,1-2H3,(H,40,45)/t17-/m1/s1. The number of rotatable bonds is 6. The predicted octanol–water partition coefficient (Wildman–Crippen LogP) is 6.95. The Labute approximate surface area is 279 Å². The number of H-pyrrole nitrogens is 2. The van der Waals surface area contributed by atoms with E-state index in [1.54, 1.807) is 49.7 Å². The highest BCUT2D eigenvalue weighted by molar-refractivity contribution is 6.20. The Hall–Kier alpha value is -5.76. The number of methoxy groups -OCH3 is 2. The number of phenols is 1. The van der Waals surface area contributed by atoms with Crippen LogP contribution in [0.15, 0.2) is 60.8 Å². The molecule has 0 saturated heterocycles. The molecule has 250 valence electrons. The maximum atomic E-state index is 14.0. The number of esters is 1. The number of carbonyl (C=O) groups is 3. The minimum atomic E-state index is -4.98. The number of alkyl halides is 4. The van der Waals surface area contributed by atoms with Crippen LogP contribution in [0.25, 0.3) is 32.6 Å². The van der Waals surface area contributed by atoms with E-state index in [1.165, 1.54) is 11.0 Å². The first-order valence-corrected chi connectivity index (χ1v) is 15.3. The number of ether oxygens (including phenoxy) is 2. The third-order valence-electron chi connectivity index (χ3n) is 8.57. The van der Waals surface area contributed by atoms with Crippen molar-refractivity contribution < 1.29 is 42.1 Å². The molecule has 2 amide bonds. The van der Waals surface area contributed by atoms with Crippen molar-refractivity contribution in [2.75, 3.05) is 36.9 Å². The summed E-state index contributed by atoms with van der Waals surface area (Å²) in [4.78, 5) is 50.4. The Morgan fingerprint density at radius 3 is 2.59 bits per heavy atom. The molecular weight excluding hydrogens is 667 g/mol. The maximum Gasteiger partial charge on any atom is 0.432 e. The normalized spacial score (nSPS) is 14.4. The number of aromatic nitrogens is 3. The third-order valence-corrected chi connectivity index (χ3v) is 8.94. The van der Waals surface area contributed by atoms with E-state index < -0.39 is 46.9 Å². The Morgan fingerprint density at radius 2 is 1.88 bits per heavy atom. The van der Waals surface area contributed by atoms with Gasteiger partial charge in [-0.3, -0.25) is 14.6 Å². The second-order valence-corrected chi connectivity index (χ2v) is 11.7. The van der Waals surface area contributed by atoms with Crippen LogP contribution in [0.1, 0.15) is 48.5 Å². The summed E-state index contributed by atoms with van der Waals surface area (Å²) in [6.07, 6.45) is -3.41. The predicted molar refractivity (Wildman–Crippen MR) is 176 cm³/mol. The molecule has 4 heterocycles. The number of nitrogens with one attached hydrogen (secondary N) is 3. The maximum absolute atomic E-state index is 14.0. The van der Waals surface area contributed by atoms with Gasteiger partial charge in [-0.2, -0.15) is 13.2 Å². The fourth-order valence-corrected chi connectivity index (χ4v) is 6.62. The van der Waals surface area contributed by atoms with Crippen LogP contribution in [0.3, 0.4) is 0 Å². The SMILES string of the molecule is COC(=O)c1c(C(F)(F)F)[nH]c2c(O)cc3c(c12)[C@H](CCl)CN3C(=O)c1cc2cc(NC(=O)c3cc4cccc(OC)c4cn3)ccc2[nH]1. The zero-order valence-corrected chi connectivity index (χ0v) is 26.4. The van der Waals surface area contributed by atoms with E-state index in [4.69, 9.17) is 16.3 Å². The van der Waals surface area contributed by atoms with Crippen LogP contribution in [0.2, 0.25) is 0 Å². The van der Waals surface area contributed by atoms with E-state index in [0.717, 1.165) is 17.9 Å². The highest BCUT2D eigenvalue weighted by atomic mass is 35.5. The minimum absolute atomic E-state index is 0.0370. The van der Waals surface area contributed by atoms with Crippen molar-refractivity contribution in [3.63, 3.8) is 0 Å². The van der Waals surface area contributed by atoms with E-state index in [-0.39, 0.29) is 46.0 Å². The number of aromatic amines is 2. The van der Waals surface area contributed by atoms with Gasteiger partial charge in [0.05, 0.1) is 31.0 Å². The molecule has 11 nitrogen and oxygen atoms in total. The number of amides is 2. The van der Waals surface area contributed by atoms with Crippen molar-refractivity contribution in [1.29, 1.82) is 0 Å². The molecule has 0 saturated carbocycles. The van der Waals surface area contributed by atoms with Gasteiger partial charge in [0.1, 0.15) is 28.6 Å². The molecule has 0 unspecified atom stereocenters. The molecular formula is C34H25ClF3N5O6. The number of hydrogen-bond acceptors (Lipinski definition) is 7. The topological polar surface area (TPSA) is 150 Å². The Kier molecular flexibility index (Phi) is 7.62. The number of fused-ring (bicyclic) bond motifs is 5. The number of hydrogen-bond donors (Lipinski definition) is 4. The van der Waals surface area contributed by atoms with Crippen LogP contribution < -0.4 is 15.0 Å². The fraction of sp³-hybridized carbons (Fsp3) is 0.176. The second-order valence-electron chi connectivity index (χ2n) is 11.4. The molecule has 1 aliphatic rings. The minimum Gasteiger partial charge on any atom is -0.506 e. The zero-order chi connectivity index (χ0) is 34.8. The molecule has 15 heteroatoms. The van der Waals surface area contributed by atoms with E-state index in [2.05, 4.69) is 25.0 Å². The molecule has 0 aliphatic carbocycles. The molecule has 1 atom stereocenters. The van der Waals surface area contributed by atoms with Crippen LogP contribution in [-0.2, 0) is 10.9 Å². The smallest absolute Gasteiger partial charge is 0.432 e. The molecule has 0 bridgehead atoms. The quantitative estimate of drug-likeness (QED) is 0.109. The number of nitrogens with zero attached hydrogens (tertiary/aromatic N) is 2. The number of benzene rings is 3. The molecule has 49 heavy (non-hydrogen) atoms. The van der Waals surface area contributed by atoms with Gasteiger partial charge < -0.3 is 34.8 Å². The molecule has 6 aromatic rings. The van der Waals surface area contributed by atoms with Crippen molar-refractivity contribution >= 4 is 73.3 Å². The lowest BCUT2D eigenvalue weighted by molar-refractivity contribution is -0.141. The number of pyridine rings is 1. The Morgan fingerprint density at radius 1 is 1.08 bits per heavy atom. The summed E-state index contributed by atoms with van der Waals surface area (Å²) in [7, 11) is 2.50. The summed E-state index contributed by atoms with van der Waals surface area (Å²) in [6, 6.07) is 14.8. The molecule has 1 aliphatic heterocycles. The lowest BCUT2D eigenvalue weighted by atomic mass is 9.95. The van der Waals surface area contributed by atoms with Crippen molar-refractivity contribution in [2.24, 2.45) is 0 Å². The van der Waals surface area contributed by atoms with Gasteiger partial charge in [0, 0.05) is 58.0 Å². The van der Waals surface area contributed by atoms with Gasteiger partial charge in [0.25, 0.3) is 11.8 Å². The summed E-state index contributed by atoms with van der Waals surface area (Å²) in [5, 5.41) is 15.5. The fourth-order valence-electron chi connectivity index (χ4n) is 6.36. The van der Waals surface area contributed by atoms with Gasteiger partial charge in [-0.15, -0.1) is 11.6 Å². The first-order chi connectivity index (χ1) is 23.4. The lowest BCUT2D eigenvalue weighted by Crippen LogP contribution is -2.30. The highest BCUT2D eigenvalue weighted by Gasteiger charge is 2.43. The molecule has 4 N–H and O–H groups in total. The molecule has 7 rings (SSSR count). The third kappa shape index (κ3) is 5.24. The van der Waals surface area contributed by atoms with Crippen molar-refractivity contribution in [1.82, 2.24) is 15.0 Å². The summed E-state index contributed by atoms with van der Waals surface area (Å²) in [5.41, 5.74) is -0.894. The van der Waals surface area contributed by atoms with E-state index >= 15 is 0 Å². The summed E-state index contributed by atoms with van der Waals surface area (Å²) >= 11 is 6.26. The average Bonchev–Trinajstić information content (AvgIpc) is 3.80. The van der Waals surface area contributed by atoms with Gasteiger partial charge in [-0.25, -0.2) is 4.79 Å². The largest absolute Gasteiger partial charge is 0.506 e. The summed E-state index contributed by atoms with van der Waals surface area (Å²) < 4.78 is 52.0. The van der Waals surface area contributed by atoms with Gasteiger partial charge >= 0.3 is 12.1 Å². The van der Waals surface area contributed by atoms with E-state index in [9.17, 15) is 32.7 Å². The average molecular weight is 692 g/mol. The Bertz CT molecular complexity index is 2350. The first-order valence-electron chi connectivity index (χ1n) is 14.7.